The predicted molar refractivity (Wildman–Crippen MR) is 93.2 cm³/mol. The number of carboxylic acids is 2. The van der Waals surface area contributed by atoms with Gasteiger partial charge in [-0.3, -0.25) is 24.0 Å². The number of rotatable bonds is 14. The molecule has 0 aliphatic carbocycles. The average molecular weight is 403 g/mol. The SMILES string of the molecule is NC(=O)CC[C@H](NC(=O)[C@H](CCC(=O)O)NC(=O)[C@@H](N)CCC(N)=O)C(=O)O. The van der Waals surface area contributed by atoms with Crippen molar-refractivity contribution in [1.82, 2.24) is 10.6 Å². The van der Waals surface area contributed by atoms with E-state index in [0.29, 0.717) is 0 Å². The van der Waals surface area contributed by atoms with Crippen LogP contribution in [0.25, 0.3) is 0 Å². The molecule has 0 aromatic heterocycles. The summed E-state index contributed by atoms with van der Waals surface area (Å²) in [5.74, 6) is -5.92. The topological polar surface area (TPSA) is 245 Å². The number of amides is 4. The van der Waals surface area contributed by atoms with Crippen LogP contribution in [0.5, 0.6) is 0 Å². The van der Waals surface area contributed by atoms with Crippen LogP contribution >= 0.6 is 0 Å². The molecule has 13 nitrogen and oxygen atoms in total. The Hall–Kier alpha value is -3.22. The molecule has 158 valence electrons. The number of carboxylic acid groups (broad SMARTS) is 2. The molecular formula is C15H25N5O8. The van der Waals surface area contributed by atoms with Crippen molar-refractivity contribution in [1.29, 1.82) is 0 Å². The fourth-order valence-corrected chi connectivity index (χ4v) is 2.06. The van der Waals surface area contributed by atoms with E-state index in [1.807, 2.05) is 0 Å². The first kappa shape index (κ1) is 24.8. The first-order valence-corrected chi connectivity index (χ1v) is 8.31. The quantitative estimate of drug-likeness (QED) is 0.154. The Labute approximate surface area is 160 Å². The molecule has 0 saturated heterocycles. The molecule has 10 N–H and O–H groups in total. The van der Waals surface area contributed by atoms with E-state index in [9.17, 15) is 28.8 Å². The second-order valence-corrected chi connectivity index (χ2v) is 6.01. The molecule has 0 bridgehead atoms. The lowest BCUT2D eigenvalue weighted by atomic mass is 10.1. The van der Waals surface area contributed by atoms with E-state index < -0.39 is 60.1 Å². The summed E-state index contributed by atoms with van der Waals surface area (Å²) in [6, 6.07) is -4.04. The van der Waals surface area contributed by atoms with Crippen LogP contribution in [-0.4, -0.2) is 63.9 Å². The van der Waals surface area contributed by atoms with Crippen molar-refractivity contribution in [3.63, 3.8) is 0 Å². The molecule has 0 radical (unpaired) electrons. The molecule has 0 unspecified atom stereocenters. The van der Waals surface area contributed by atoms with Crippen molar-refractivity contribution >= 4 is 35.6 Å². The molecule has 0 saturated carbocycles. The van der Waals surface area contributed by atoms with E-state index in [-0.39, 0.29) is 32.1 Å². The average Bonchev–Trinajstić information content (AvgIpc) is 2.58. The lowest BCUT2D eigenvalue weighted by molar-refractivity contribution is -0.143. The Morgan fingerprint density at radius 1 is 0.714 bits per heavy atom. The van der Waals surface area contributed by atoms with Gasteiger partial charge in [0.25, 0.3) is 0 Å². The molecule has 0 rings (SSSR count). The van der Waals surface area contributed by atoms with Crippen LogP contribution in [0.2, 0.25) is 0 Å². The number of carbonyl (C=O) groups excluding carboxylic acids is 4. The van der Waals surface area contributed by atoms with Crippen molar-refractivity contribution in [2.45, 2.75) is 56.7 Å². The summed E-state index contributed by atoms with van der Waals surface area (Å²) in [5, 5.41) is 22.2. The van der Waals surface area contributed by atoms with Crippen LogP contribution in [0.15, 0.2) is 0 Å². The first-order valence-electron chi connectivity index (χ1n) is 8.31. The predicted octanol–water partition coefficient (Wildman–Crippen LogP) is -3.24. The second kappa shape index (κ2) is 12.2. The summed E-state index contributed by atoms with van der Waals surface area (Å²) in [6.45, 7) is 0. The van der Waals surface area contributed by atoms with E-state index in [2.05, 4.69) is 10.6 Å². The first-order chi connectivity index (χ1) is 12.9. The summed E-state index contributed by atoms with van der Waals surface area (Å²) in [7, 11) is 0. The molecule has 0 heterocycles. The van der Waals surface area contributed by atoms with Crippen molar-refractivity contribution in [3.05, 3.63) is 0 Å². The van der Waals surface area contributed by atoms with E-state index in [1.165, 1.54) is 0 Å². The number of nitrogens with two attached hydrogens (primary N) is 3. The Morgan fingerprint density at radius 3 is 1.64 bits per heavy atom. The molecule has 3 atom stereocenters. The van der Waals surface area contributed by atoms with Gasteiger partial charge >= 0.3 is 11.9 Å². The molecule has 0 aliphatic heterocycles. The van der Waals surface area contributed by atoms with Gasteiger partial charge in [0.2, 0.25) is 23.6 Å². The van der Waals surface area contributed by atoms with Crippen molar-refractivity contribution in [2.75, 3.05) is 0 Å². The van der Waals surface area contributed by atoms with Gasteiger partial charge in [-0.25, -0.2) is 4.79 Å². The largest absolute Gasteiger partial charge is 0.481 e. The maximum Gasteiger partial charge on any atom is 0.326 e. The Bertz CT molecular complexity index is 624. The van der Waals surface area contributed by atoms with Crippen LogP contribution < -0.4 is 27.8 Å². The summed E-state index contributed by atoms with van der Waals surface area (Å²) in [6.07, 6.45) is -1.68. The number of hydrogen-bond donors (Lipinski definition) is 7. The second-order valence-electron chi connectivity index (χ2n) is 6.01. The van der Waals surface area contributed by atoms with Gasteiger partial charge in [-0.05, 0) is 19.3 Å². The minimum Gasteiger partial charge on any atom is -0.481 e. The van der Waals surface area contributed by atoms with E-state index in [4.69, 9.17) is 27.4 Å². The highest BCUT2D eigenvalue weighted by molar-refractivity contribution is 5.92. The Balaban J connectivity index is 5.08. The summed E-state index contributed by atoms with van der Waals surface area (Å²) in [5.41, 5.74) is 15.5. The number of nitrogens with one attached hydrogen (secondary N) is 2. The summed E-state index contributed by atoms with van der Waals surface area (Å²) >= 11 is 0. The van der Waals surface area contributed by atoms with Crippen molar-refractivity contribution < 1.29 is 39.0 Å². The number of hydrogen-bond acceptors (Lipinski definition) is 7. The van der Waals surface area contributed by atoms with Crippen molar-refractivity contribution in [3.8, 4) is 0 Å². The molecule has 4 amide bonds. The van der Waals surface area contributed by atoms with Gasteiger partial charge in [-0.1, -0.05) is 0 Å². The highest BCUT2D eigenvalue weighted by Crippen LogP contribution is 2.04. The lowest BCUT2D eigenvalue weighted by Crippen LogP contribution is -2.54. The van der Waals surface area contributed by atoms with Crippen LogP contribution in [0.1, 0.15) is 38.5 Å². The molecule has 28 heavy (non-hydrogen) atoms. The number of carbonyl (C=O) groups is 6. The standard InChI is InChI=1S/C15H25N5O8/c16-7(1-4-10(17)21)13(25)19-8(3-6-12(23)24)14(26)20-9(15(27)28)2-5-11(18)22/h7-9H,1-6,16H2,(H2,17,21)(H2,18,22)(H,19,25)(H,20,26)(H,23,24)(H,27,28)/t7-,8-,9-/m0/s1. The van der Waals surface area contributed by atoms with Gasteiger partial charge in [0.05, 0.1) is 6.04 Å². The fourth-order valence-electron chi connectivity index (χ4n) is 2.06. The van der Waals surface area contributed by atoms with E-state index in [1.54, 1.807) is 0 Å². The van der Waals surface area contributed by atoms with Gasteiger partial charge in [-0.15, -0.1) is 0 Å². The van der Waals surface area contributed by atoms with Crippen molar-refractivity contribution in [2.24, 2.45) is 17.2 Å². The third kappa shape index (κ3) is 10.7. The maximum atomic E-state index is 12.3. The van der Waals surface area contributed by atoms with Crippen LogP contribution in [0.3, 0.4) is 0 Å². The normalized spacial score (nSPS) is 13.6. The van der Waals surface area contributed by atoms with Gasteiger partial charge in [-0.2, -0.15) is 0 Å². The minimum atomic E-state index is -1.47. The maximum absolute atomic E-state index is 12.3. The molecule has 0 aliphatic rings. The molecular weight excluding hydrogens is 378 g/mol. The summed E-state index contributed by atoms with van der Waals surface area (Å²) < 4.78 is 0. The smallest absolute Gasteiger partial charge is 0.326 e. The Kier molecular flexibility index (Phi) is 10.8. The zero-order valence-corrected chi connectivity index (χ0v) is 15.1. The molecule has 0 spiro atoms. The zero-order valence-electron chi connectivity index (χ0n) is 15.1. The Morgan fingerprint density at radius 2 is 1.18 bits per heavy atom. The van der Waals surface area contributed by atoms with E-state index >= 15 is 0 Å². The van der Waals surface area contributed by atoms with Gasteiger partial charge in [0, 0.05) is 19.3 Å². The number of primary amides is 2. The molecule has 13 heteroatoms. The third-order valence-corrected chi connectivity index (χ3v) is 3.61. The fraction of sp³-hybridized carbons (Fsp3) is 0.600. The molecule has 0 aromatic rings. The van der Waals surface area contributed by atoms with Gasteiger partial charge < -0.3 is 38.0 Å². The van der Waals surface area contributed by atoms with Gasteiger partial charge in [0.1, 0.15) is 12.1 Å². The highest BCUT2D eigenvalue weighted by Gasteiger charge is 2.28. The molecule has 0 fully saturated rings. The number of aliphatic carboxylic acids is 2. The van der Waals surface area contributed by atoms with E-state index in [0.717, 1.165) is 0 Å². The third-order valence-electron chi connectivity index (χ3n) is 3.61. The monoisotopic (exact) mass is 403 g/mol. The molecule has 0 aromatic carbocycles. The van der Waals surface area contributed by atoms with Crippen LogP contribution in [-0.2, 0) is 28.8 Å². The lowest BCUT2D eigenvalue weighted by Gasteiger charge is -2.22. The van der Waals surface area contributed by atoms with Crippen LogP contribution in [0, 0.1) is 0 Å². The summed E-state index contributed by atoms with van der Waals surface area (Å²) in [4.78, 5) is 67.9. The van der Waals surface area contributed by atoms with Gasteiger partial charge in [0.15, 0.2) is 0 Å². The zero-order chi connectivity index (χ0) is 21.9. The highest BCUT2D eigenvalue weighted by atomic mass is 16.4. The minimum absolute atomic E-state index is 0.0925. The van der Waals surface area contributed by atoms with Crippen LogP contribution in [0.4, 0.5) is 0 Å².